The van der Waals surface area contributed by atoms with Gasteiger partial charge in [-0.2, -0.15) is 0 Å². The number of carbonyl (C=O) groups excluding carboxylic acids is 2. The average Bonchev–Trinajstić information content (AvgIpc) is 2.92. The van der Waals surface area contributed by atoms with Gasteiger partial charge in [0.1, 0.15) is 5.75 Å². The Hall–Kier alpha value is -2.28. The Morgan fingerprint density at radius 1 is 1.00 bits per heavy atom. The number of para-hydroxylation sites is 1. The first-order valence-electron chi connectivity index (χ1n) is 8.07. The van der Waals surface area contributed by atoms with Crippen molar-refractivity contribution in [3.63, 3.8) is 0 Å². The molecular formula is C18H19BrN2O4. The van der Waals surface area contributed by atoms with Gasteiger partial charge in [-0.05, 0) is 46.6 Å². The van der Waals surface area contributed by atoms with E-state index in [4.69, 9.17) is 9.15 Å². The highest BCUT2D eigenvalue weighted by Gasteiger charge is 2.26. The first-order chi connectivity index (χ1) is 12.1. The monoisotopic (exact) mass is 406 g/mol. The molecule has 0 saturated carbocycles. The maximum Gasteiger partial charge on any atom is 0.289 e. The second-order valence-electron chi connectivity index (χ2n) is 5.74. The van der Waals surface area contributed by atoms with E-state index < -0.39 is 0 Å². The number of rotatable bonds is 3. The van der Waals surface area contributed by atoms with Gasteiger partial charge in [0.25, 0.3) is 11.8 Å². The van der Waals surface area contributed by atoms with Crippen LogP contribution in [0.2, 0.25) is 0 Å². The van der Waals surface area contributed by atoms with Gasteiger partial charge < -0.3 is 19.0 Å². The molecule has 2 heterocycles. The zero-order valence-corrected chi connectivity index (χ0v) is 15.5. The van der Waals surface area contributed by atoms with Crippen LogP contribution in [-0.2, 0) is 0 Å². The fourth-order valence-corrected chi connectivity index (χ4v) is 3.21. The van der Waals surface area contributed by atoms with Gasteiger partial charge in [0.05, 0.1) is 12.7 Å². The zero-order valence-electron chi connectivity index (χ0n) is 13.9. The minimum atomic E-state index is -0.155. The first-order valence-corrected chi connectivity index (χ1v) is 8.86. The molecule has 0 radical (unpaired) electrons. The fourth-order valence-electron chi connectivity index (χ4n) is 2.90. The summed E-state index contributed by atoms with van der Waals surface area (Å²) in [7, 11) is 1.55. The molecule has 132 valence electrons. The highest BCUT2D eigenvalue weighted by molar-refractivity contribution is 9.10. The highest BCUT2D eigenvalue weighted by atomic mass is 79.9. The van der Waals surface area contributed by atoms with E-state index in [1.165, 1.54) is 0 Å². The number of furan rings is 1. The van der Waals surface area contributed by atoms with Crippen LogP contribution in [0.15, 0.2) is 45.5 Å². The van der Waals surface area contributed by atoms with Crippen LogP contribution < -0.4 is 4.74 Å². The highest BCUT2D eigenvalue weighted by Crippen LogP contribution is 2.21. The Morgan fingerprint density at radius 2 is 1.68 bits per heavy atom. The Morgan fingerprint density at radius 3 is 2.32 bits per heavy atom. The van der Waals surface area contributed by atoms with Crippen LogP contribution in [0.25, 0.3) is 0 Å². The summed E-state index contributed by atoms with van der Waals surface area (Å²) in [6.07, 6.45) is 0.717. The Bertz CT molecular complexity index is 774. The van der Waals surface area contributed by atoms with Gasteiger partial charge >= 0.3 is 0 Å². The number of nitrogens with zero attached hydrogens (tertiary/aromatic N) is 2. The van der Waals surface area contributed by atoms with Crippen molar-refractivity contribution in [2.75, 3.05) is 33.3 Å². The molecule has 25 heavy (non-hydrogen) atoms. The van der Waals surface area contributed by atoms with Gasteiger partial charge in [0.15, 0.2) is 10.4 Å². The molecule has 3 rings (SSSR count). The largest absolute Gasteiger partial charge is 0.496 e. The number of hydrogen-bond acceptors (Lipinski definition) is 4. The number of hydrogen-bond donors (Lipinski definition) is 0. The Labute approximate surface area is 154 Å². The molecule has 1 aliphatic rings. The molecular weight excluding hydrogens is 388 g/mol. The van der Waals surface area contributed by atoms with E-state index in [0.717, 1.165) is 0 Å². The van der Waals surface area contributed by atoms with Crippen LogP contribution in [0.3, 0.4) is 0 Å². The van der Waals surface area contributed by atoms with Crippen LogP contribution >= 0.6 is 15.9 Å². The van der Waals surface area contributed by atoms with Crippen molar-refractivity contribution in [1.82, 2.24) is 9.80 Å². The molecule has 0 bridgehead atoms. The minimum absolute atomic E-state index is 0.0764. The molecule has 2 amide bonds. The van der Waals surface area contributed by atoms with E-state index in [9.17, 15) is 9.59 Å². The van der Waals surface area contributed by atoms with Crippen molar-refractivity contribution in [3.05, 3.63) is 52.4 Å². The number of benzene rings is 1. The summed E-state index contributed by atoms with van der Waals surface area (Å²) < 4.78 is 11.1. The van der Waals surface area contributed by atoms with Gasteiger partial charge in [-0.25, -0.2) is 0 Å². The summed E-state index contributed by atoms with van der Waals surface area (Å²) in [5.41, 5.74) is 0.541. The summed E-state index contributed by atoms with van der Waals surface area (Å²) in [5.74, 6) is 0.631. The summed E-state index contributed by atoms with van der Waals surface area (Å²) >= 11 is 3.21. The van der Waals surface area contributed by atoms with Gasteiger partial charge in [-0.15, -0.1) is 0 Å². The van der Waals surface area contributed by atoms with Crippen LogP contribution in [0.1, 0.15) is 27.3 Å². The molecule has 0 unspecified atom stereocenters. The third kappa shape index (κ3) is 3.87. The van der Waals surface area contributed by atoms with Crippen LogP contribution in [0.4, 0.5) is 0 Å². The quantitative estimate of drug-likeness (QED) is 0.785. The first kappa shape index (κ1) is 17.5. The molecule has 1 fully saturated rings. The third-order valence-corrected chi connectivity index (χ3v) is 4.62. The summed E-state index contributed by atoms with van der Waals surface area (Å²) in [5, 5.41) is 0. The lowest BCUT2D eigenvalue weighted by molar-refractivity contribution is 0.0698. The Balaban J connectivity index is 1.69. The Kier molecular flexibility index (Phi) is 5.43. The molecule has 0 aliphatic carbocycles. The fraction of sp³-hybridized carbons (Fsp3) is 0.333. The van der Waals surface area contributed by atoms with Crippen LogP contribution in [0.5, 0.6) is 5.75 Å². The van der Waals surface area contributed by atoms with Crippen molar-refractivity contribution < 1.29 is 18.7 Å². The predicted molar refractivity (Wildman–Crippen MR) is 95.8 cm³/mol. The number of ether oxygens (including phenoxy) is 1. The van der Waals surface area contributed by atoms with E-state index in [-0.39, 0.29) is 11.8 Å². The average molecular weight is 407 g/mol. The molecule has 7 heteroatoms. The molecule has 0 N–H and O–H groups in total. The topological polar surface area (TPSA) is 63.0 Å². The zero-order chi connectivity index (χ0) is 17.8. The number of halogens is 1. The van der Waals surface area contributed by atoms with E-state index in [1.54, 1.807) is 41.2 Å². The van der Waals surface area contributed by atoms with E-state index >= 15 is 0 Å². The summed E-state index contributed by atoms with van der Waals surface area (Å²) in [6, 6.07) is 10.5. The lowest BCUT2D eigenvalue weighted by Crippen LogP contribution is -2.37. The standard InChI is InChI=1S/C18H19BrN2O4/c1-24-14-6-3-2-5-13(14)17(22)20-9-4-10-21(12-11-20)18(23)15-7-8-16(19)25-15/h2-3,5-8H,4,9-12H2,1H3. The second-order valence-corrected chi connectivity index (χ2v) is 6.52. The molecule has 2 aromatic rings. The van der Waals surface area contributed by atoms with Crippen molar-refractivity contribution in [2.24, 2.45) is 0 Å². The number of amides is 2. The number of methoxy groups -OCH3 is 1. The summed E-state index contributed by atoms with van der Waals surface area (Å²) in [4.78, 5) is 28.8. The maximum atomic E-state index is 12.8. The van der Waals surface area contributed by atoms with Gasteiger partial charge in [0, 0.05) is 26.2 Å². The van der Waals surface area contributed by atoms with Gasteiger partial charge in [-0.1, -0.05) is 12.1 Å². The van der Waals surface area contributed by atoms with E-state index in [2.05, 4.69) is 15.9 Å². The molecule has 0 atom stereocenters. The van der Waals surface area contributed by atoms with E-state index in [0.29, 0.717) is 54.3 Å². The molecule has 1 aromatic carbocycles. The molecule has 1 aliphatic heterocycles. The normalized spacial score (nSPS) is 15.0. The van der Waals surface area contributed by atoms with Gasteiger partial charge in [-0.3, -0.25) is 9.59 Å². The SMILES string of the molecule is COc1ccccc1C(=O)N1CCCN(C(=O)c2ccc(Br)o2)CC1. The van der Waals surface area contributed by atoms with Crippen molar-refractivity contribution in [2.45, 2.75) is 6.42 Å². The third-order valence-electron chi connectivity index (χ3n) is 4.19. The van der Waals surface area contributed by atoms with Gasteiger partial charge in [0.2, 0.25) is 0 Å². The van der Waals surface area contributed by atoms with E-state index in [1.807, 2.05) is 12.1 Å². The smallest absolute Gasteiger partial charge is 0.289 e. The summed E-state index contributed by atoms with van der Waals surface area (Å²) in [6.45, 7) is 2.14. The van der Waals surface area contributed by atoms with Crippen molar-refractivity contribution >= 4 is 27.7 Å². The second kappa shape index (κ2) is 7.74. The predicted octanol–water partition coefficient (Wildman–Crippen LogP) is 3.04. The molecule has 6 nitrogen and oxygen atoms in total. The van der Waals surface area contributed by atoms with Crippen molar-refractivity contribution in [3.8, 4) is 5.75 Å². The van der Waals surface area contributed by atoms with Crippen LogP contribution in [-0.4, -0.2) is 54.9 Å². The lowest BCUT2D eigenvalue weighted by atomic mass is 10.1. The van der Waals surface area contributed by atoms with Crippen LogP contribution in [0, 0.1) is 0 Å². The molecule has 1 aromatic heterocycles. The minimum Gasteiger partial charge on any atom is -0.496 e. The molecule has 1 saturated heterocycles. The van der Waals surface area contributed by atoms with Crippen molar-refractivity contribution in [1.29, 1.82) is 0 Å². The maximum absolute atomic E-state index is 12.8. The number of carbonyl (C=O) groups is 2. The lowest BCUT2D eigenvalue weighted by Gasteiger charge is -2.22. The molecule has 0 spiro atoms.